The second-order valence-corrected chi connectivity index (χ2v) is 4.85. The maximum Gasteiger partial charge on any atom is 0.248 e. The second kappa shape index (κ2) is 14.9. The molecule has 7 nitrogen and oxygen atoms in total. The van der Waals surface area contributed by atoms with E-state index in [4.69, 9.17) is 18.9 Å². The van der Waals surface area contributed by atoms with E-state index in [0.29, 0.717) is 46.2 Å². The lowest BCUT2D eigenvalue weighted by Crippen LogP contribution is -2.33. The molecule has 0 aromatic rings. The first-order chi connectivity index (χ1) is 10.6. The predicted octanol–water partition coefficient (Wildman–Crippen LogP) is 0.510. The van der Waals surface area contributed by atoms with Crippen molar-refractivity contribution in [2.75, 3.05) is 66.4 Å². The minimum absolute atomic E-state index is 0.00887. The Morgan fingerprint density at radius 3 is 1.95 bits per heavy atom. The number of nitrogens with zero attached hydrogens (tertiary/aromatic N) is 1. The standard InChI is InChI=1S/C15H29NO6/c1-4-6-19-8-11-22-13-15(18)16(3)5-7-20-9-10-21-12-14(2)17/h4-13H2,1-3H3. The monoisotopic (exact) mass is 319 g/mol. The highest BCUT2D eigenvalue weighted by molar-refractivity contribution is 5.77. The molecular formula is C15H29NO6. The van der Waals surface area contributed by atoms with Gasteiger partial charge in [-0.05, 0) is 13.3 Å². The number of amides is 1. The van der Waals surface area contributed by atoms with Crippen LogP contribution in [0.2, 0.25) is 0 Å². The molecule has 0 aliphatic rings. The van der Waals surface area contributed by atoms with Gasteiger partial charge in [-0.15, -0.1) is 0 Å². The molecule has 22 heavy (non-hydrogen) atoms. The first-order valence-corrected chi connectivity index (χ1v) is 7.62. The van der Waals surface area contributed by atoms with Crippen molar-refractivity contribution in [3.63, 3.8) is 0 Å². The summed E-state index contributed by atoms with van der Waals surface area (Å²) in [6.07, 6.45) is 0.974. The van der Waals surface area contributed by atoms with Crippen LogP contribution in [0, 0.1) is 0 Å². The number of carbonyl (C=O) groups excluding carboxylic acids is 2. The summed E-state index contributed by atoms with van der Waals surface area (Å²) in [5.41, 5.74) is 0. The van der Waals surface area contributed by atoms with E-state index < -0.39 is 0 Å². The Balaban J connectivity index is 3.40. The van der Waals surface area contributed by atoms with Crippen molar-refractivity contribution in [1.29, 1.82) is 0 Å². The van der Waals surface area contributed by atoms with Gasteiger partial charge in [-0.3, -0.25) is 9.59 Å². The zero-order valence-corrected chi connectivity index (χ0v) is 14.0. The van der Waals surface area contributed by atoms with Gasteiger partial charge in [-0.1, -0.05) is 6.92 Å². The normalized spacial score (nSPS) is 10.7. The van der Waals surface area contributed by atoms with Gasteiger partial charge in [0.15, 0.2) is 5.78 Å². The third kappa shape index (κ3) is 13.9. The summed E-state index contributed by atoms with van der Waals surface area (Å²) in [5.74, 6) is -0.0997. The number of likely N-dealkylation sites (N-methyl/N-ethyl adjacent to an activating group) is 1. The molecule has 0 spiro atoms. The summed E-state index contributed by atoms with van der Waals surface area (Å²) < 4.78 is 20.9. The van der Waals surface area contributed by atoms with Crippen LogP contribution in [0.3, 0.4) is 0 Å². The quantitative estimate of drug-likeness (QED) is 0.410. The zero-order valence-electron chi connectivity index (χ0n) is 14.0. The zero-order chi connectivity index (χ0) is 16.6. The topological polar surface area (TPSA) is 74.3 Å². The average Bonchev–Trinajstić information content (AvgIpc) is 2.49. The van der Waals surface area contributed by atoms with Crippen LogP contribution in [0.15, 0.2) is 0 Å². The molecule has 0 N–H and O–H groups in total. The summed E-state index contributed by atoms with van der Waals surface area (Å²) in [6.45, 7) is 7.00. The molecule has 0 rings (SSSR count). The van der Waals surface area contributed by atoms with Crippen LogP contribution < -0.4 is 0 Å². The lowest BCUT2D eigenvalue weighted by molar-refractivity contribution is -0.136. The van der Waals surface area contributed by atoms with Crippen LogP contribution in [0.25, 0.3) is 0 Å². The molecule has 1 amide bonds. The van der Waals surface area contributed by atoms with Crippen LogP contribution in [0.5, 0.6) is 0 Å². The van der Waals surface area contributed by atoms with Gasteiger partial charge in [0.1, 0.15) is 13.2 Å². The van der Waals surface area contributed by atoms with E-state index in [2.05, 4.69) is 0 Å². The van der Waals surface area contributed by atoms with Gasteiger partial charge in [0.05, 0.1) is 33.0 Å². The molecule has 130 valence electrons. The summed E-state index contributed by atoms with van der Waals surface area (Å²) in [6, 6.07) is 0. The SMILES string of the molecule is CCCOCCOCC(=O)N(C)CCOCCOCC(C)=O. The molecular weight excluding hydrogens is 290 g/mol. The van der Waals surface area contributed by atoms with Crippen LogP contribution in [0.1, 0.15) is 20.3 Å². The van der Waals surface area contributed by atoms with Gasteiger partial charge in [0, 0.05) is 20.2 Å². The van der Waals surface area contributed by atoms with Gasteiger partial charge >= 0.3 is 0 Å². The minimum atomic E-state index is -0.0908. The van der Waals surface area contributed by atoms with Crippen LogP contribution >= 0.6 is 0 Å². The Morgan fingerprint density at radius 1 is 0.818 bits per heavy atom. The second-order valence-electron chi connectivity index (χ2n) is 4.85. The highest BCUT2D eigenvalue weighted by Crippen LogP contribution is 1.89. The molecule has 0 radical (unpaired) electrons. The van der Waals surface area contributed by atoms with Crippen LogP contribution in [-0.2, 0) is 28.5 Å². The molecule has 0 aliphatic heterocycles. The molecule has 0 aromatic heterocycles. The Bertz CT molecular complexity index is 298. The fraction of sp³-hybridized carbons (Fsp3) is 0.867. The van der Waals surface area contributed by atoms with Crippen LogP contribution in [0.4, 0.5) is 0 Å². The molecule has 0 unspecified atom stereocenters. The highest BCUT2D eigenvalue weighted by Gasteiger charge is 2.08. The number of carbonyl (C=O) groups is 2. The van der Waals surface area contributed by atoms with Gasteiger partial charge in [-0.2, -0.15) is 0 Å². The van der Waals surface area contributed by atoms with Gasteiger partial charge in [0.25, 0.3) is 0 Å². The molecule has 0 aliphatic carbocycles. The van der Waals surface area contributed by atoms with E-state index in [9.17, 15) is 9.59 Å². The van der Waals surface area contributed by atoms with E-state index in [0.717, 1.165) is 6.42 Å². The first-order valence-electron chi connectivity index (χ1n) is 7.62. The van der Waals surface area contributed by atoms with E-state index in [1.54, 1.807) is 11.9 Å². The molecule has 7 heteroatoms. The van der Waals surface area contributed by atoms with E-state index in [1.165, 1.54) is 6.92 Å². The molecule has 0 aromatic carbocycles. The molecule has 0 atom stereocenters. The van der Waals surface area contributed by atoms with Crippen LogP contribution in [-0.4, -0.2) is 83.0 Å². The largest absolute Gasteiger partial charge is 0.379 e. The first kappa shape index (κ1) is 21.0. The summed E-state index contributed by atoms with van der Waals surface area (Å²) >= 11 is 0. The third-order valence-electron chi connectivity index (χ3n) is 2.62. The Labute approximate surface area is 132 Å². The Kier molecular flexibility index (Phi) is 14.2. The number of ether oxygens (including phenoxy) is 4. The van der Waals surface area contributed by atoms with Crippen molar-refractivity contribution in [3.05, 3.63) is 0 Å². The van der Waals surface area contributed by atoms with Gasteiger partial charge in [0.2, 0.25) is 5.91 Å². The maximum atomic E-state index is 11.7. The predicted molar refractivity (Wildman–Crippen MR) is 81.9 cm³/mol. The average molecular weight is 319 g/mol. The number of ketones is 1. The molecule has 0 heterocycles. The van der Waals surface area contributed by atoms with Crippen molar-refractivity contribution in [2.24, 2.45) is 0 Å². The number of hydrogen-bond donors (Lipinski definition) is 0. The molecule has 0 fully saturated rings. The lowest BCUT2D eigenvalue weighted by Gasteiger charge is -2.17. The summed E-state index contributed by atoms with van der Waals surface area (Å²) in [7, 11) is 1.70. The van der Waals surface area contributed by atoms with Crippen molar-refractivity contribution in [1.82, 2.24) is 4.90 Å². The van der Waals surface area contributed by atoms with Gasteiger partial charge in [-0.25, -0.2) is 0 Å². The van der Waals surface area contributed by atoms with Crippen molar-refractivity contribution < 1.29 is 28.5 Å². The fourth-order valence-corrected chi connectivity index (χ4v) is 1.40. The van der Waals surface area contributed by atoms with Gasteiger partial charge < -0.3 is 23.8 Å². The lowest BCUT2D eigenvalue weighted by atomic mass is 10.5. The third-order valence-corrected chi connectivity index (χ3v) is 2.62. The summed E-state index contributed by atoms with van der Waals surface area (Å²) in [4.78, 5) is 23.9. The van der Waals surface area contributed by atoms with Crippen molar-refractivity contribution >= 4 is 11.7 Å². The van der Waals surface area contributed by atoms with E-state index >= 15 is 0 Å². The Hall–Kier alpha value is -1.02. The number of Topliss-reactive ketones (excluding diaryl/α,β-unsaturated/α-hetero) is 1. The fourth-order valence-electron chi connectivity index (χ4n) is 1.40. The van der Waals surface area contributed by atoms with Crippen molar-refractivity contribution in [2.45, 2.75) is 20.3 Å². The molecule has 0 saturated heterocycles. The minimum Gasteiger partial charge on any atom is -0.379 e. The maximum absolute atomic E-state index is 11.7. The number of hydrogen-bond acceptors (Lipinski definition) is 6. The smallest absolute Gasteiger partial charge is 0.248 e. The summed E-state index contributed by atoms with van der Waals surface area (Å²) in [5, 5.41) is 0. The van der Waals surface area contributed by atoms with Crippen molar-refractivity contribution in [3.8, 4) is 0 Å². The molecule has 0 saturated carbocycles. The molecule has 0 bridgehead atoms. The van der Waals surface area contributed by atoms with E-state index in [1.807, 2.05) is 6.92 Å². The Morgan fingerprint density at radius 2 is 1.36 bits per heavy atom. The number of rotatable bonds is 15. The highest BCUT2D eigenvalue weighted by atomic mass is 16.5. The van der Waals surface area contributed by atoms with E-state index in [-0.39, 0.29) is 24.9 Å².